The van der Waals surface area contributed by atoms with Gasteiger partial charge in [0.25, 0.3) is 0 Å². The van der Waals surface area contributed by atoms with E-state index in [-0.39, 0.29) is 12.6 Å². The van der Waals surface area contributed by atoms with E-state index in [1.807, 2.05) is 24.3 Å². The zero-order chi connectivity index (χ0) is 9.26. The van der Waals surface area contributed by atoms with E-state index in [9.17, 15) is 4.91 Å². The summed E-state index contributed by atoms with van der Waals surface area (Å²) in [5.74, 6) is 0. The molecule has 0 radical (unpaired) electrons. The molecule has 0 aromatic heterocycles. The van der Waals surface area contributed by atoms with Gasteiger partial charge >= 0.3 is 0 Å². The van der Waals surface area contributed by atoms with Crippen LogP contribution in [0.5, 0.6) is 0 Å². The monoisotopic (exact) mass is 178 g/mol. The normalized spacial score (nSPS) is 20.1. The fourth-order valence-electron chi connectivity index (χ4n) is 1.70. The van der Waals surface area contributed by atoms with Crippen molar-refractivity contribution in [1.82, 2.24) is 0 Å². The molecule has 1 aromatic rings. The Morgan fingerprint density at radius 1 is 1.54 bits per heavy atom. The molecule has 0 bridgehead atoms. The van der Waals surface area contributed by atoms with E-state index >= 15 is 0 Å². The zero-order valence-corrected chi connectivity index (χ0v) is 7.05. The quantitative estimate of drug-likeness (QED) is 0.690. The summed E-state index contributed by atoms with van der Waals surface area (Å²) < 4.78 is 0. The lowest BCUT2D eigenvalue weighted by atomic mass is 10.1. The molecule has 0 saturated carbocycles. The topological polar surface area (TPSA) is 52.9 Å². The van der Waals surface area contributed by atoms with Gasteiger partial charge < -0.3 is 5.11 Å². The first-order chi connectivity index (χ1) is 6.36. The second-order valence-electron chi connectivity index (χ2n) is 3.10. The van der Waals surface area contributed by atoms with E-state index in [4.69, 9.17) is 5.11 Å². The molecule has 1 aliphatic heterocycles. The molecule has 1 atom stereocenters. The summed E-state index contributed by atoms with van der Waals surface area (Å²) in [6.07, 6.45) is 0.693. The number of aliphatic hydroxyl groups excluding tert-OH is 1. The lowest BCUT2D eigenvalue weighted by Gasteiger charge is -2.15. The zero-order valence-electron chi connectivity index (χ0n) is 7.05. The van der Waals surface area contributed by atoms with E-state index in [2.05, 4.69) is 5.29 Å². The predicted molar refractivity (Wildman–Crippen MR) is 49.3 cm³/mol. The van der Waals surface area contributed by atoms with Crippen molar-refractivity contribution in [2.24, 2.45) is 5.29 Å². The maximum Gasteiger partial charge on any atom is 0.0830 e. The molecule has 1 heterocycles. The highest BCUT2D eigenvalue weighted by atomic mass is 16.3. The van der Waals surface area contributed by atoms with E-state index in [1.54, 1.807) is 0 Å². The standard InChI is InChI=1S/C9H10N2O2/c12-6-8-5-7-3-1-2-4-9(7)11(8)10-13/h1-4,8,12H,5-6H2. The number of para-hydroxylation sites is 1. The van der Waals surface area contributed by atoms with Crippen molar-refractivity contribution in [2.45, 2.75) is 12.5 Å². The molecule has 68 valence electrons. The fourth-order valence-corrected chi connectivity index (χ4v) is 1.70. The first kappa shape index (κ1) is 8.19. The molecule has 0 spiro atoms. The molecule has 0 aliphatic carbocycles. The van der Waals surface area contributed by atoms with Crippen molar-refractivity contribution >= 4 is 5.69 Å². The fraction of sp³-hybridized carbons (Fsp3) is 0.333. The van der Waals surface area contributed by atoms with Gasteiger partial charge in [-0.15, -0.1) is 4.91 Å². The third kappa shape index (κ3) is 1.19. The summed E-state index contributed by atoms with van der Waals surface area (Å²) in [7, 11) is 0. The van der Waals surface area contributed by atoms with Gasteiger partial charge in [-0.25, -0.2) is 5.01 Å². The van der Waals surface area contributed by atoms with Gasteiger partial charge in [0.2, 0.25) is 0 Å². The molecule has 1 unspecified atom stereocenters. The number of anilines is 1. The van der Waals surface area contributed by atoms with Crippen molar-refractivity contribution in [3.05, 3.63) is 34.7 Å². The molecular weight excluding hydrogens is 168 g/mol. The van der Waals surface area contributed by atoms with Gasteiger partial charge in [0, 0.05) is 0 Å². The van der Waals surface area contributed by atoms with Gasteiger partial charge in [-0.1, -0.05) is 18.2 Å². The first-order valence-corrected chi connectivity index (χ1v) is 4.18. The van der Waals surface area contributed by atoms with Crippen LogP contribution in [-0.2, 0) is 6.42 Å². The lowest BCUT2D eigenvalue weighted by Crippen LogP contribution is -2.29. The minimum Gasteiger partial charge on any atom is -0.394 e. The Labute approximate surface area is 75.7 Å². The van der Waals surface area contributed by atoms with E-state index in [1.165, 1.54) is 5.01 Å². The average Bonchev–Trinajstić information content (AvgIpc) is 2.55. The second kappa shape index (κ2) is 3.14. The number of hydrogen-bond donors (Lipinski definition) is 1. The maximum absolute atomic E-state index is 10.5. The van der Waals surface area contributed by atoms with Gasteiger partial charge in [-0.3, -0.25) is 0 Å². The Morgan fingerprint density at radius 2 is 2.31 bits per heavy atom. The Hall–Kier alpha value is -1.42. The van der Waals surface area contributed by atoms with Crippen molar-refractivity contribution in [3.63, 3.8) is 0 Å². The summed E-state index contributed by atoms with van der Waals surface area (Å²) >= 11 is 0. The third-order valence-corrected chi connectivity index (χ3v) is 2.34. The van der Waals surface area contributed by atoms with Crippen molar-refractivity contribution in [2.75, 3.05) is 11.6 Å². The summed E-state index contributed by atoms with van der Waals surface area (Å²) in [6, 6.07) is 7.38. The maximum atomic E-state index is 10.5. The smallest absolute Gasteiger partial charge is 0.0830 e. The first-order valence-electron chi connectivity index (χ1n) is 4.18. The van der Waals surface area contributed by atoms with E-state index in [0.29, 0.717) is 6.42 Å². The molecule has 2 rings (SSSR count). The number of nitroso groups, excluding NO2 is 1. The highest BCUT2D eigenvalue weighted by molar-refractivity contribution is 5.58. The highest BCUT2D eigenvalue weighted by Crippen LogP contribution is 2.31. The van der Waals surface area contributed by atoms with Gasteiger partial charge in [0.1, 0.15) is 0 Å². The minimum absolute atomic E-state index is 0.0413. The van der Waals surface area contributed by atoms with Crippen LogP contribution >= 0.6 is 0 Å². The van der Waals surface area contributed by atoms with Crippen LogP contribution in [-0.4, -0.2) is 17.8 Å². The highest BCUT2D eigenvalue weighted by Gasteiger charge is 2.29. The van der Waals surface area contributed by atoms with Crippen LogP contribution in [0.25, 0.3) is 0 Å². The van der Waals surface area contributed by atoms with E-state index in [0.717, 1.165) is 11.3 Å². The Morgan fingerprint density at radius 3 is 3.00 bits per heavy atom. The average molecular weight is 178 g/mol. The molecule has 0 fully saturated rings. The van der Waals surface area contributed by atoms with Crippen LogP contribution in [0.3, 0.4) is 0 Å². The summed E-state index contributed by atoms with van der Waals surface area (Å²) in [4.78, 5) is 10.5. The molecule has 4 nitrogen and oxygen atoms in total. The van der Waals surface area contributed by atoms with Crippen molar-refractivity contribution in [1.29, 1.82) is 0 Å². The molecule has 0 amide bonds. The second-order valence-corrected chi connectivity index (χ2v) is 3.10. The Kier molecular flexibility index (Phi) is 1.98. The number of hydrogen-bond acceptors (Lipinski definition) is 3. The third-order valence-electron chi connectivity index (χ3n) is 2.34. The summed E-state index contributed by atoms with van der Waals surface area (Å²) in [5, 5.41) is 13.2. The largest absolute Gasteiger partial charge is 0.394 e. The number of benzene rings is 1. The van der Waals surface area contributed by atoms with Crippen LogP contribution in [0, 0.1) is 4.91 Å². The summed E-state index contributed by atoms with van der Waals surface area (Å²) in [6.45, 7) is -0.0413. The van der Waals surface area contributed by atoms with Crippen molar-refractivity contribution in [3.8, 4) is 0 Å². The molecule has 1 aromatic carbocycles. The number of aliphatic hydroxyl groups is 1. The Bertz CT molecular complexity index is 327. The number of rotatable bonds is 2. The molecule has 1 aliphatic rings. The van der Waals surface area contributed by atoms with Crippen LogP contribution in [0.1, 0.15) is 5.56 Å². The minimum atomic E-state index is -0.185. The van der Waals surface area contributed by atoms with Gasteiger partial charge in [0.05, 0.1) is 23.6 Å². The van der Waals surface area contributed by atoms with Gasteiger partial charge in [-0.05, 0) is 18.1 Å². The Balaban J connectivity index is 2.39. The van der Waals surface area contributed by atoms with Crippen LogP contribution in [0.2, 0.25) is 0 Å². The van der Waals surface area contributed by atoms with Crippen LogP contribution in [0.15, 0.2) is 29.6 Å². The van der Waals surface area contributed by atoms with Crippen LogP contribution < -0.4 is 5.01 Å². The van der Waals surface area contributed by atoms with Crippen LogP contribution in [0.4, 0.5) is 5.69 Å². The molecular formula is C9H10N2O2. The number of nitrogens with zero attached hydrogens (tertiary/aromatic N) is 2. The van der Waals surface area contributed by atoms with Crippen molar-refractivity contribution < 1.29 is 5.11 Å². The number of fused-ring (bicyclic) bond motifs is 1. The molecule has 1 N–H and O–H groups in total. The SMILES string of the molecule is O=NN1c2ccccc2CC1CO. The van der Waals surface area contributed by atoms with Gasteiger partial charge in [0.15, 0.2) is 0 Å². The van der Waals surface area contributed by atoms with E-state index < -0.39 is 0 Å². The van der Waals surface area contributed by atoms with Gasteiger partial charge in [-0.2, -0.15) is 0 Å². The lowest BCUT2D eigenvalue weighted by molar-refractivity contribution is 0.263. The molecule has 13 heavy (non-hydrogen) atoms. The summed E-state index contributed by atoms with van der Waals surface area (Å²) in [5.41, 5.74) is 1.89. The molecule has 4 heteroatoms. The molecule has 0 saturated heterocycles. The predicted octanol–water partition coefficient (Wildman–Crippen LogP) is 1.09.